The Morgan fingerprint density at radius 1 is 1.04 bits per heavy atom. The first-order valence-electron chi connectivity index (χ1n) is 5.91. The molecule has 0 bridgehead atoms. The summed E-state index contributed by atoms with van der Waals surface area (Å²) in [5.74, 6) is -0.849. The lowest BCUT2D eigenvalue weighted by molar-refractivity contribution is -0.275. The number of nitrogens with one attached hydrogen (secondary N) is 1. The van der Waals surface area contributed by atoms with Crippen molar-refractivity contribution in [3.05, 3.63) is 52.5 Å². The van der Waals surface area contributed by atoms with Gasteiger partial charge in [-0.05, 0) is 30.3 Å². The highest BCUT2D eigenvalue weighted by atomic mass is 35.5. The standard InChI is InChI=1S/C13H8Cl2F3NO3S/c14-8-5-6-10(9(15)7-8)19-23(20,21)12-4-2-1-3-11(12)22-13(16,17)18/h1-7,19H. The van der Waals surface area contributed by atoms with Crippen molar-refractivity contribution in [2.24, 2.45) is 0 Å². The average molecular weight is 386 g/mol. The zero-order chi connectivity index (χ0) is 17.3. The second kappa shape index (κ2) is 6.46. The zero-order valence-corrected chi connectivity index (χ0v) is 13.4. The summed E-state index contributed by atoms with van der Waals surface area (Å²) in [5.41, 5.74) is -0.0297. The molecule has 0 spiro atoms. The van der Waals surface area contributed by atoms with Crippen LogP contribution in [0.3, 0.4) is 0 Å². The lowest BCUT2D eigenvalue weighted by atomic mass is 10.3. The number of hydrogen-bond donors (Lipinski definition) is 1. The number of hydrogen-bond acceptors (Lipinski definition) is 3. The van der Waals surface area contributed by atoms with Crippen LogP contribution in [0, 0.1) is 0 Å². The highest BCUT2D eigenvalue weighted by Crippen LogP contribution is 2.32. The molecule has 0 atom stereocenters. The minimum Gasteiger partial charge on any atom is -0.404 e. The van der Waals surface area contributed by atoms with E-state index in [0.29, 0.717) is 0 Å². The van der Waals surface area contributed by atoms with Crippen molar-refractivity contribution >= 4 is 38.9 Å². The van der Waals surface area contributed by atoms with E-state index in [9.17, 15) is 21.6 Å². The minimum absolute atomic E-state index is 0.00436. The number of rotatable bonds is 4. The largest absolute Gasteiger partial charge is 0.573 e. The molecule has 4 nitrogen and oxygen atoms in total. The molecule has 0 aliphatic heterocycles. The van der Waals surface area contributed by atoms with Crippen LogP contribution in [-0.4, -0.2) is 14.8 Å². The van der Waals surface area contributed by atoms with Gasteiger partial charge >= 0.3 is 6.36 Å². The first-order valence-corrected chi connectivity index (χ1v) is 8.15. The average Bonchev–Trinajstić information content (AvgIpc) is 2.40. The van der Waals surface area contributed by atoms with E-state index in [1.54, 1.807) is 0 Å². The van der Waals surface area contributed by atoms with Gasteiger partial charge < -0.3 is 4.74 Å². The highest BCUT2D eigenvalue weighted by Gasteiger charge is 2.34. The van der Waals surface area contributed by atoms with Crippen LogP contribution in [0.2, 0.25) is 10.0 Å². The Bertz CT molecular complexity index is 825. The van der Waals surface area contributed by atoms with Gasteiger partial charge in [0.2, 0.25) is 0 Å². The van der Waals surface area contributed by atoms with Crippen molar-refractivity contribution in [3.8, 4) is 5.75 Å². The Morgan fingerprint density at radius 3 is 2.30 bits per heavy atom. The molecule has 0 saturated heterocycles. The molecule has 0 heterocycles. The van der Waals surface area contributed by atoms with Crippen molar-refractivity contribution in [2.45, 2.75) is 11.3 Å². The quantitative estimate of drug-likeness (QED) is 0.830. The van der Waals surface area contributed by atoms with Crippen molar-refractivity contribution in [2.75, 3.05) is 4.72 Å². The maximum atomic E-state index is 12.4. The molecule has 10 heteroatoms. The minimum atomic E-state index is -5.02. The second-order valence-electron chi connectivity index (χ2n) is 4.22. The van der Waals surface area contributed by atoms with Crippen LogP contribution in [0.4, 0.5) is 18.9 Å². The predicted octanol–water partition coefficient (Wildman–Crippen LogP) is 4.69. The van der Waals surface area contributed by atoms with Gasteiger partial charge in [-0.2, -0.15) is 0 Å². The number of ether oxygens (including phenoxy) is 1. The van der Waals surface area contributed by atoms with Crippen LogP contribution in [0.25, 0.3) is 0 Å². The molecule has 0 aliphatic rings. The molecular formula is C13H8Cl2F3NO3S. The third-order valence-electron chi connectivity index (χ3n) is 2.54. The summed E-state index contributed by atoms with van der Waals surface area (Å²) in [4.78, 5) is -0.677. The van der Waals surface area contributed by atoms with E-state index in [4.69, 9.17) is 23.2 Å². The normalized spacial score (nSPS) is 12.0. The van der Waals surface area contributed by atoms with Gasteiger partial charge in [0.15, 0.2) is 0 Å². The zero-order valence-electron chi connectivity index (χ0n) is 11.1. The van der Waals surface area contributed by atoms with E-state index in [1.165, 1.54) is 30.3 Å². The van der Waals surface area contributed by atoms with E-state index >= 15 is 0 Å². The number of halogens is 5. The molecule has 0 aromatic heterocycles. The van der Waals surface area contributed by atoms with E-state index < -0.39 is 27.0 Å². The summed E-state index contributed by atoms with van der Waals surface area (Å²) in [5, 5.41) is 0.272. The van der Waals surface area contributed by atoms with Gasteiger partial charge in [0.25, 0.3) is 10.0 Å². The first kappa shape index (κ1) is 17.7. The molecular weight excluding hydrogens is 378 g/mol. The monoisotopic (exact) mass is 385 g/mol. The smallest absolute Gasteiger partial charge is 0.404 e. The van der Waals surface area contributed by atoms with Crippen LogP contribution >= 0.6 is 23.2 Å². The summed E-state index contributed by atoms with van der Waals surface area (Å²) in [7, 11) is -4.35. The predicted molar refractivity (Wildman–Crippen MR) is 80.4 cm³/mol. The molecule has 0 unspecified atom stereocenters. The molecule has 0 amide bonds. The molecule has 0 saturated carbocycles. The number of alkyl halides is 3. The van der Waals surface area contributed by atoms with E-state index in [-0.39, 0.29) is 15.7 Å². The van der Waals surface area contributed by atoms with Crippen molar-refractivity contribution in [1.29, 1.82) is 0 Å². The summed E-state index contributed by atoms with van der Waals surface area (Å²) < 4.78 is 67.5. The van der Waals surface area contributed by atoms with Gasteiger partial charge in [-0.1, -0.05) is 35.3 Å². The number of anilines is 1. The second-order valence-corrected chi connectivity index (χ2v) is 6.72. The van der Waals surface area contributed by atoms with Gasteiger partial charge in [-0.25, -0.2) is 8.42 Å². The number of sulfonamides is 1. The Kier molecular flexibility index (Phi) is 4.98. The molecule has 2 aromatic carbocycles. The fraction of sp³-hybridized carbons (Fsp3) is 0.0769. The third kappa shape index (κ3) is 4.66. The lowest BCUT2D eigenvalue weighted by Gasteiger charge is -2.15. The topological polar surface area (TPSA) is 55.4 Å². The van der Waals surface area contributed by atoms with Crippen LogP contribution in [0.1, 0.15) is 0 Å². The van der Waals surface area contributed by atoms with Crippen molar-refractivity contribution < 1.29 is 26.3 Å². The van der Waals surface area contributed by atoms with E-state index in [0.717, 1.165) is 12.1 Å². The lowest BCUT2D eigenvalue weighted by Crippen LogP contribution is -2.21. The summed E-state index contributed by atoms with van der Waals surface area (Å²) in [6.45, 7) is 0. The van der Waals surface area contributed by atoms with E-state index in [2.05, 4.69) is 9.46 Å². The fourth-order valence-corrected chi connectivity index (χ4v) is 3.37. The fourth-order valence-electron chi connectivity index (χ4n) is 1.65. The van der Waals surface area contributed by atoms with E-state index in [1.807, 2.05) is 0 Å². The molecule has 2 rings (SSSR count). The molecule has 0 fully saturated rings. The molecule has 0 radical (unpaired) electrons. The van der Waals surface area contributed by atoms with Crippen LogP contribution in [0.5, 0.6) is 5.75 Å². The molecule has 124 valence electrons. The van der Waals surface area contributed by atoms with Crippen molar-refractivity contribution in [3.63, 3.8) is 0 Å². The number of para-hydroxylation sites is 1. The highest BCUT2D eigenvalue weighted by molar-refractivity contribution is 7.92. The molecule has 0 aliphatic carbocycles. The van der Waals surface area contributed by atoms with Crippen LogP contribution in [0.15, 0.2) is 47.4 Å². The Balaban J connectivity index is 2.40. The molecule has 1 N–H and O–H groups in total. The summed E-state index contributed by atoms with van der Waals surface area (Å²) in [6, 6.07) is 8.31. The molecule has 23 heavy (non-hydrogen) atoms. The van der Waals surface area contributed by atoms with Crippen molar-refractivity contribution in [1.82, 2.24) is 0 Å². The maximum Gasteiger partial charge on any atom is 0.573 e. The Hall–Kier alpha value is -1.64. The third-order valence-corrected chi connectivity index (χ3v) is 4.49. The van der Waals surface area contributed by atoms with Gasteiger partial charge in [0, 0.05) is 5.02 Å². The van der Waals surface area contributed by atoms with Gasteiger partial charge in [0.1, 0.15) is 10.6 Å². The molecule has 2 aromatic rings. The van der Waals surface area contributed by atoms with Gasteiger partial charge in [0.05, 0.1) is 10.7 Å². The summed E-state index contributed by atoms with van der Waals surface area (Å²) in [6.07, 6.45) is -5.02. The Morgan fingerprint density at radius 2 is 1.70 bits per heavy atom. The van der Waals surface area contributed by atoms with Gasteiger partial charge in [-0.3, -0.25) is 4.72 Å². The maximum absolute atomic E-state index is 12.4. The Labute approximate surface area is 139 Å². The van der Waals surface area contributed by atoms with Crippen LogP contribution in [-0.2, 0) is 10.0 Å². The van der Waals surface area contributed by atoms with Crippen LogP contribution < -0.4 is 9.46 Å². The van der Waals surface area contributed by atoms with Gasteiger partial charge in [-0.15, -0.1) is 13.2 Å². The SMILES string of the molecule is O=S(=O)(Nc1ccc(Cl)cc1Cl)c1ccccc1OC(F)(F)F. The number of benzene rings is 2. The first-order chi connectivity index (χ1) is 10.6. The summed E-state index contributed by atoms with van der Waals surface area (Å²) >= 11 is 11.5.